The van der Waals surface area contributed by atoms with Crippen LogP contribution in [0.3, 0.4) is 0 Å². The summed E-state index contributed by atoms with van der Waals surface area (Å²) in [6.07, 6.45) is 69.5. The average Bonchev–Trinajstić information content (AvgIpc) is 3.19. The third-order valence-electron chi connectivity index (χ3n) is 12.8. The number of aliphatic carboxylic acids is 1. The maximum atomic E-state index is 10.7. The van der Waals surface area contributed by atoms with E-state index < -0.39 is 5.97 Å². The van der Waals surface area contributed by atoms with E-state index in [0.29, 0.717) is 12.8 Å². The number of rotatable bonds is 52. The van der Waals surface area contributed by atoms with Crippen LogP contribution in [0.2, 0.25) is 0 Å². The van der Waals surface area contributed by atoms with E-state index in [0.717, 1.165) is 19.3 Å². The Kier molecular flexibility index (Phi) is 50.1. The molecule has 0 aliphatic carbocycles. The van der Waals surface area contributed by atoms with Crippen LogP contribution >= 0.6 is 0 Å². The van der Waals surface area contributed by atoms with Crippen molar-refractivity contribution in [2.24, 2.45) is 5.73 Å². The first-order valence-corrected chi connectivity index (χ1v) is 26.6. The molecule has 0 spiro atoms. The number of primary amides is 1. The first-order chi connectivity index (χ1) is 28.1. The van der Waals surface area contributed by atoms with Crippen molar-refractivity contribution >= 4 is 11.9 Å². The van der Waals surface area contributed by atoms with E-state index in [1.54, 1.807) is 0 Å². The minimum atomic E-state index is -0.648. The molecule has 0 radical (unpaired) electrons. The Hall–Kier alpha value is -1.06. The maximum absolute atomic E-state index is 10.7. The number of hydrogen-bond donors (Lipinski definition) is 2. The molecule has 57 heavy (non-hydrogen) atoms. The van der Waals surface area contributed by atoms with Crippen LogP contribution in [0.15, 0.2) is 0 Å². The second kappa shape index (κ2) is 51.1. The zero-order valence-corrected chi connectivity index (χ0v) is 38.9. The minimum absolute atomic E-state index is 0.149. The van der Waals surface area contributed by atoms with Crippen molar-refractivity contribution < 1.29 is 14.7 Å². The second-order valence-electron chi connectivity index (χ2n) is 18.7. The smallest absolute Gasteiger partial charge is 0.303 e. The molecule has 3 N–H and O–H groups in total. The number of carbonyl (C=O) groups excluding carboxylic acids is 1. The van der Waals surface area contributed by atoms with E-state index >= 15 is 0 Å². The SMILES string of the molecule is NC(=O)CCCCCCCCCCCCCCCCCCCCCCCCCCCCCCCCCCCCCCCCCCCCCCCCCCCC(=O)O. The van der Waals surface area contributed by atoms with Crippen molar-refractivity contribution in [1.82, 2.24) is 0 Å². The van der Waals surface area contributed by atoms with Crippen LogP contribution in [-0.2, 0) is 9.59 Å². The van der Waals surface area contributed by atoms with Crippen LogP contribution in [0.4, 0.5) is 0 Å². The summed E-state index contributed by atoms with van der Waals surface area (Å²) in [7, 11) is 0. The molecule has 0 heterocycles. The molecule has 0 fully saturated rings. The fourth-order valence-corrected chi connectivity index (χ4v) is 8.88. The molecule has 4 nitrogen and oxygen atoms in total. The molecule has 4 heteroatoms. The number of unbranched alkanes of at least 4 members (excludes halogenated alkanes) is 48. The molecule has 0 aliphatic heterocycles. The van der Waals surface area contributed by atoms with E-state index in [9.17, 15) is 9.59 Å². The van der Waals surface area contributed by atoms with Gasteiger partial charge in [-0.25, -0.2) is 0 Å². The standard InChI is InChI=1S/C53H105NO3/c54-52(55)50-48-46-44-42-40-38-36-34-32-30-28-26-24-22-20-18-16-14-12-10-8-6-4-2-1-3-5-7-9-11-13-15-17-19-21-23-25-27-29-31-33-35-37-39-41-43-45-47-49-51-53(56)57/h1-51H2,(H2,54,55)(H,56,57). The summed E-state index contributed by atoms with van der Waals surface area (Å²) >= 11 is 0. The number of carboxylic acids is 1. The van der Waals surface area contributed by atoms with Crippen LogP contribution in [0.25, 0.3) is 0 Å². The van der Waals surface area contributed by atoms with Crippen LogP contribution in [0, 0.1) is 0 Å². The topological polar surface area (TPSA) is 80.4 Å². The van der Waals surface area contributed by atoms with Gasteiger partial charge in [-0.3, -0.25) is 9.59 Å². The third kappa shape index (κ3) is 54.9. The lowest BCUT2D eigenvalue weighted by Gasteiger charge is -2.05. The van der Waals surface area contributed by atoms with Gasteiger partial charge in [-0.2, -0.15) is 0 Å². The van der Waals surface area contributed by atoms with Gasteiger partial charge < -0.3 is 10.8 Å². The van der Waals surface area contributed by atoms with Crippen molar-refractivity contribution in [3.05, 3.63) is 0 Å². The molecule has 0 unspecified atom stereocenters. The van der Waals surface area contributed by atoms with Crippen molar-refractivity contribution in [3.63, 3.8) is 0 Å². The van der Waals surface area contributed by atoms with Gasteiger partial charge >= 0.3 is 5.97 Å². The summed E-state index contributed by atoms with van der Waals surface area (Å²) in [5, 5.41) is 8.67. The van der Waals surface area contributed by atoms with Gasteiger partial charge in [0.2, 0.25) is 5.91 Å². The fourth-order valence-electron chi connectivity index (χ4n) is 8.88. The van der Waals surface area contributed by atoms with E-state index in [2.05, 4.69) is 0 Å². The van der Waals surface area contributed by atoms with Crippen LogP contribution in [-0.4, -0.2) is 17.0 Å². The number of hydrogen-bond acceptors (Lipinski definition) is 2. The van der Waals surface area contributed by atoms with E-state index in [1.165, 1.54) is 295 Å². The van der Waals surface area contributed by atoms with Gasteiger partial charge in [-0.1, -0.05) is 302 Å². The highest BCUT2D eigenvalue weighted by molar-refractivity contribution is 5.73. The Labute approximate surface area is 358 Å². The van der Waals surface area contributed by atoms with Crippen LogP contribution in [0.5, 0.6) is 0 Å². The summed E-state index contributed by atoms with van der Waals surface area (Å²) in [5.74, 6) is -0.797. The third-order valence-corrected chi connectivity index (χ3v) is 12.8. The Morgan fingerprint density at radius 3 is 0.421 bits per heavy atom. The van der Waals surface area contributed by atoms with E-state index in [4.69, 9.17) is 10.8 Å². The zero-order valence-electron chi connectivity index (χ0n) is 38.9. The molecule has 0 atom stereocenters. The molecule has 0 saturated carbocycles. The fraction of sp³-hybridized carbons (Fsp3) is 0.962. The molecule has 0 aromatic carbocycles. The average molecular weight is 804 g/mol. The Bertz CT molecular complexity index is 707. The predicted molar refractivity (Wildman–Crippen MR) is 252 cm³/mol. The largest absolute Gasteiger partial charge is 0.481 e. The highest BCUT2D eigenvalue weighted by atomic mass is 16.4. The van der Waals surface area contributed by atoms with Gasteiger partial charge in [0.25, 0.3) is 0 Å². The second-order valence-corrected chi connectivity index (χ2v) is 18.7. The maximum Gasteiger partial charge on any atom is 0.303 e. The van der Waals surface area contributed by atoms with Gasteiger partial charge in [0.15, 0.2) is 0 Å². The molecule has 0 bridgehead atoms. The Morgan fingerprint density at radius 1 is 0.211 bits per heavy atom. The molecule has 340 valence electrons. The van der Waals surface area contributed by atoms with Gasteiger partial charge in [-0.05, 0) is 12.8 Å². The monoisotopic (exact) mass is 804 g/mol. The Balaban J connectivity index is 3.06. The number of carbonyl (C=O) groups is 2. The molecule has 0 rings (SSSR count). The molecule has 1 amide bonds. The van der Waals surface area contributed by atoms with Gasteiger partial charge in [0, 0.05) is 12.8 Å². The highest BCUT2D eigenvalue weighted by Crippen LogP contribution is 2.19. The summed E-state index contributed by atoms with van der Waals surface area (Å²) in [4.78, 5) is 21.3. The lowest BCUT2D eigenvalue weighted by atomic mass is 10.0. The quantitative estimate of drug-likeness (QED) is 0.0601. The first kappa shape index (κ1) is 55.9. The molecule has 0 aromatic heterocycles. The van der Waals surface area contributed by atoms with Gasteiger partial charge in [-0.15, -0.1) is 0 Å². The highest BCUT2D eigenvalue weighted by Gasteiger charge is 2.00. The molecular weight excluding hydrogens is 699 g/mol. The number of carboxylic acid groups (broad SMARTS) is 1. The van der Waals surface area contributed by atoms with Gasteiger partial charge in [0.05, 0.1) is 0 Å². The molecule has 0 saturated heterocycles. The lowest BCUT2D eigenvalue weighted by Crippen LogP contribution is -2.09. The summed E-state index contributed by atoms with van der Waals surface area (Å²) in [5.41, 5.74) is 5.19. The molecule has 0 aliphatic rings. The van der Waals surface area contributed by atoms with Crippen molar-refractivity contribution in [2.45, 2.75) is 327 Å². The first-order valence-electron chi connectivity index (χ1n) is 26.6. The van der Waals surface area contributed by atoms with Crippen molar-refractivity contribution in [2.75, 3.05) is 0 Å². The van der Waals surface area contributed by atoms with Crippen LogP contribution < -0.4 is 5.73 Å². The van der Waals surface area contributed by atoms with E-state index in [-0.39, 0.29) is 5.91 Å². The number of amides is 1. The minimum Gasteiger partial charge on any atom is -0.481 e. The zero-order chi connectivity index (χ0) is 41.2. The molecular formula is C53H105NO3. The summed E-state index contributed by atoms with van der Waals surface area (Å²) in [6, 6.07) is 0. The Morgan fingerprint density at radius 2 is 0.316 bits per heavy atom. The molecule has 0 aromatic rings. The van der Waals surface area contributed by atoms with Crippen LogP contribution in [0.1, 0.15) is 327 Å². The van der Waals surface area contributed by atoms with Crippen molar-refractivity contribution in [1.29, 1.82) is 0 Å². The van der Waals surface area contributed by atoms with Crippen molar-refractivity contribution in [3.8, 4) is 0 Å². The summed E-state index contributed by atoms with van der Waals surface area (Å²) < 4.78 is 0. The van der Waals surface area contributed by atoms with Gasteiger partial charge in [0.1, 0.15) is 0 Å². The summed E-state index contributed by atoms with van der Waals surface area (Å²) in [6.45, 7) is 0. The number of nitrogens with two attached hydrogens (primary N) is 1. The predicted octanol–water partition coefficient (Wildman–Crippen LogP) is 18.5. The van der Waals surface area contributed by atoms with E-state index in [1.807, 2.05) is 0 Å². The normalized spacial score (nSPS) is 11.5. The lowest BCUT2D eigenvalue weighted by molar-refractivity contribution is -0.137.